The summed E-state index contributed by atoms with van der Waals surface area (Å²) in [7, 11) is 0. The molecule has 0 radical (unpaired) electrons. The fourth-order valence-corrected chi connectivity index (χ4v) is 2.37. The average molecular weight is 474 g/mol. The zero-order valence-corrected chi connectivity index (χ0v) is 19.5. The minimum absolute atomic E-state index is 0.438. The second-order valence-electron chi connectivity index (χ2n) is 6.61. The van der Waals surface area contributed by atoms with Gasteiger partial charge in [-0.3, -0.25) is 4.79 Å². The van der Waals surface area contributed by atoms with Crippen LogP contribution in [0.2, 0.25) is 0 Å². The molecule has 0 aliphatic heterocycles. The van der Waals surface area contributed by atoms with Gasteiger partial charge in [-0.25, -0.2) is 0 Å². The van der Waals surface area contributed by atoms with Crippen LogP contribution < -0.4 is 10.5 Å². The normalized spacial score (nSPS) is 11.1. The van der Waals surface area contributed by atoms with Crippen LogP contribution in [0.25, 0.3) is 0 Å². The van der Waals surface area contributed by atoms with Crippen molar-refractivity contribution in [2.24, 2.45) is 5.73 Å². The molecule has 0 unspecified atom stereocenters. The maximum absolute atomic E-state index is 10.6. The maximum Gasteiger partial charge on any atom is 0.150 e. The van der Waals surface area contributed by atoms with Crippen LogP contribution in [-0.4, -0.2) is 112 Å². The van der Waals surface area contributed by atoms with E-state index in [1.54, 1.807) is 24.3 Å². The van der Waals surface area contributed by atoms with Gasteiger partial charge < -0.3 is 43.6 Å². The predicted octanol–water partition coefficient (Wildman–Crippen LogP) is 0.953. The van der Waals surface area contributed by atoms with Crippen LogP contribution in [0.4, 0.5) is 0 Å². The second-order valence-corrected chi connectivity index (χ2v) is 6.61. The summed E-state index contributed by atoms with van der Waals surface area (Å²) in [6, 6.07) is 6.94. The van der Waals surface area contributed by atoms with E-state index in [0.29, 0.717) is 117 Å². The molecule has 10 nitrogen and oxygen atoms in total. The van der Waals surface area contributed by atoms with E-state index >= 15 is 0 Å². The van der Waals surface area contributed by atoms with E-state index in [2.05, 4.69) is 0 Å². The Kier molecular flexibility index (Phi) is 21.0. The summed E-state index contributed by atoms with van der Waals surface area (Å²) in [5.41, 5.74) is 5.93. The van der Waals surface area contributed by atoms with E-state index in [1.807, 2.05) is 0 Å². The van der Waals surface area contributed by atoms with Gasteiger partial charge in [0.25, 0.3) is 0 Å². The molecule has 0 saturated heterocycles. The summed E-state index contributed by atoms with van der Waals surface area (Å²) < 4.78 is 43.2. The van der Waals surface area contributed by atoms with Crippen molar-refractivity contribution in [2.45, 2.75) is 0 Å². The Labute approximate surface area is 196 Å². The zero-order valence-electron chi connectivity index (χ0n) is 19.5. The highest BCUT2D eigenvalue weighted by atomic mass is 16.6. The highest BCUT2D eigenvalue weighted by Crippen LogP contribution is 2.10. The molecule has 2 N–H and O–H groups in total. The number of aldehydes is 1. The van der Waals surface area contributed by atoms with Gasteiger partial charge in [0.15, 0.2) is 0 Å². The third-order valence-corrected chi connectivity index (χ3v) is 4.01. The number of hydrogen-bond acceptors (Lipinski definition) is 10. The third-order valence-electron chi connectivity index (χ3n) is 4.01. The smallest absolute Gasteiger partial charge is 0.150 e. The van der Waals surface area contributed by atoms with Crippen molar-refractivity contribution in [3.05, 3.63) is 29.8 Å². The van der Waals surface area contributed by atoms with Gasteiger partial charge in [0.1, 0.15) is 18.6 Å². The minimum atomic E-state index is 0.438. The van der Waals surface area contributed by atoms with Gasteiger partial charge >= 0.3 is 0 Å². The van der Waals surface area contributed by atoms with Gasteiger partial charge in [-0.15, -0.1) is 0 Å². The highest BCUT2D eigenvalue weighted by molar-refractivity contribution is 5.74. The summed E-state index contributed by atoms with van der Waals surface area (Å²) >= 11 is 0. The van der Waals surface area contributed by atoms with Gasteiger partial charge in [0, 0.05) is 12.1 Å². The monoisotopic (exact) mass is 473 g/mol. The lowest BCUT2D eigenvalue weighted by Crippen LogP contribution is -2.15. The molecule has 1 rings (SSSR count). The topological polar surface area (TPSA) is 117 Å². The molecule has 0 heterocycles. The van der Waals surface area contributed by atoms with Crippen LogP contribution in [0.1, 0.15) is 10.4 Å². The SMILES string of the molecule is NCCOCCOCCOCCOCCOCCOCCOCCOc1ccc(C=O)cc1. The Morgan fingerprint density at radius 2 is 0.848 bits per heavy atom. The molecular formula is C23H39NO9. The molecule has 0 aromatic heterocycles. The Morgan fingerprint density at radius 1 is 0.515 bits per heavy atom. The van der Waals surface area contributed by atoms with Gasteiger partial charge in [0.05, 0.1) is 92.5 Å². The van der Waals surface area contributed by atoms with Gasteiger partial charge in [-0.2, -0.15) is 0 Å². The molecule has 0 amide bonds. The van der Waals surface area contributed by atoms with Gasteiger partial charge in [-0.1, -0.05) is 0 Å². The number of benzene rings is 1. The molecule has 0 bridgehead atoms. The van der Waals surface area contributed by atoms with Crippen molar-refractivity contribution in [2.75, 3.05) is 106 Å². The van der Waals surface area contributed by atoms with E-state index in [4.69, 9.17) is 43.6 Å². The molecule has 0 aliphatic rings. The number of rotatable bonds is 25. The first kappa shape index (κ1) is 29.4. The number of carbonyl (C=O) groups excluding carboxylic acids is 1. The van der Waals surface area contributed by atoms with Gasteiger partial charge in [-0.05, 0) is 24.3 Å². The summed E-state index contributed by atoms with van der Waals surface area (Å²) in [5.74, 6) is 0.708. The maximum atomic E-state index is 10.6. The molecule has 0 atom stereocenters. The summed E-state index contributed by atoms with van der Waals surface area (Å²) in [4.78, 5) is 10.6. The molecule has 1 aromatic rings. The van der Waals surface area contributed by atoms with E-state index in [9.17, 15) is 4.79 Å². The lowest BCUT2D eigenvalue weighted by molar-refractivity contribution is -0.0210. The van der Waals surface area contributed by atoms with Crippen LogP contribution in [0.3, 0.4) is 0 Å². The lowest BCUT2D eigenvalue weighted by atomic mass is 10.2. The largest absolute Gasteiger partial charge is 0.491 e. The molecule has 0 aliphatic carbocycles. The number of carbonyl (C=O) groups is 1. The first-order valence-corrected chi connectivity index (χ1v) is 11.3. The van der Waals surface area contributed by atoms with Crippen LogP contribution in [-0.2, 0) is 33.2 Å². The Morgan fingerprint density at radius 3 is 1.18 bits per heavy atom. The molecule has 0 fully saturated rings. The minimum Gasteiger partial charge on any atom is -0.491 e. The molecule has 0 saturated carbocycles. The van der Waals surface area contributed by atoms with Crippen molar-refractivity contribution < 1.29 is 42.7 Å². The van der Waals surface area contributed by atoms with Crippen LogP contribution in [0.15, 0.2) is 24.3 Å². The lowest BCUT2D eigenvalue weighted by Gasteiger charge is -2.09. The first-order chi connectivity index (χ1) is 16.4. The Balaban J connectivity index is 1.69. The number of ether oxygens (including phenoxy) is 8. The zero-order chi connectivity index (χ0) is 23.7. The summed E-state index contributed by atoms with van der Waals surface area (Å²) in [5, 5.41) is 0. The van der Waals surface area contributed by atoms with Crippen molar-refractivity contribution >= 4 is 6.29 Å². The summed E-state index contributed by atoms with van der Waals surface area (Å²) in [6.45, 7) is 8.20. The second kappa shape index (κ2) is 23.5. The Hall–Kier alpha value is -1.63. The fraction of sp³-hybridized carbons (Fsp3) is 0.696. The van der Waals surface area contributed by atoms with Crippen molar-refractivity contribution in [3.63, 3.8) is 0 Å². The molecule has 1 aromatic carbocycles. The van der Waals surface area contributed by atoms with E-state index in [0.717, 1.165) is 6.29 Å². The van der Waals surface area contributed by atoms with Crippen molar-refractivity contribution in [1.29, 1.82) is 0 Å². The standard InChI is InChI=1S/C23H39NO9/c24-5-6-26-7-8-27-9-10-28-11-12-29-13-14-30-15-16-31-17-18-32-19-20-33-23-3-1-22(21-25)2-4-23/h1-4,21H,5-20,24H2. The average Bonchev–Trinajstić information content (AvgIpc) is 2.85. The van der Waals surface area contributed by atoms with Gasteiger partial charge in [0.2, 0.25) is 0 Å². The Bertz CT molecular complexity index is 545. The molecule has 0 spiro atoms. The van der Waals surface area contributed by atoms with Crippen molar-refractivity contribution in [1.82, 2.24) is 0 Å². The molecule has 10 heteroatoms. The van der Waals surface area contributed by atoms with Crippen LogP contribution in [0.5, 0.6) is 5.75 Å². The van der Waals surface area contributed by atoms with E-state index in [1.165, 1.54) is 0 Å². The van der Waals surface area contributed by atoms with Crippen LogP contribution >= 0.6 is 0 Å². The number of nitrogens with two attached hydrogens (primary N) is 1. The molecule has 33 heavy (non-hydrogen) atoms. The van der Waals surface area contributed by atoms with Crippen molar-refractivity contribution in [3.8, 4) is 5.75 Å². The predicted molar refractivity (Wildman–Crippen MR) is 122 cm³/mol. The third kappa shape index (κ3) is 19.5. The molecular weight excluding hydrogens is 434 g/mol. The number of hydrogen-bond donors (Lipinski definition) is 1. The highest BCUT2D eigenvalue weighted by Gasteiger charge is 1.96. The van der Waals surface area contributed by atoms with Crippen LogP contribution in [0, 0.1) is 0 Å². The van der Waals surface area contributed by atoms with E-state index < -0.39 is 0 Å². The quantitative estimate of drug-likeness (QED) is 0.162. The first-order valence-electron chi connectivity index (χ1n) is 11.3. The summed E-state index contributed by atoms with van der Waals surface area (Å²) in [6.07, 6.45) is 0.798. The fourth-order valence-electron chi connectivity index (χ4n) is 2.37. The molecule has 190 valence electrons. The van der Waals surface area contributed by atoms with E-state index in [-0.39, 0.29) is 0 Å².